The van der Waals surface area contributed by atoms with Gasteiger partial charge < -0.3 is 14.5 Å². The average molecular weight is 416 g/mol. The van der Waals surface area contributed by atoms with Crippen LogP contribution in [0.5, 0.6) is 0 Å². The summed E-state index contributed by atoms with van der Waals surface area (Å²) in [4.78, 5) is 36.9. The number of hydrogen-bond donors (Lipinski definition) is 2. The molecule has 0 saturated heterocycles. The molecule has 156 valence electrons. The fraction of sp³-hybridized carbons (Fsp3) is 0.125. The second-order valence-corrected chi connectivity index (χ2v) is 6.95. The first-order valence-electron chi connectivity index (χ1n) is 9.71. The summed E-state index contributed by atoms with van der Waals surface area (Å²) < 4.78 is 11.1. The summed E-state index contributed by atoms with van der Waals surface area (Å²) in [5, 5.41) is 7.29. The number of fused-ring (bicyclic) bond motifs is 3. The summed E-state index contributed by atoms with van der Waals surface area (Å²) >= 11 is 0. The molecule has 31 heavy (non-hydrogen) atoms. The van der Waals surface area contributed by atoms with Gasteiger partial charge in [0.15, 0.2) is 0 Å². The molecule has 7 nitrogen and oxygen atoms in total. The SMILES string of the molecule is CNC(=O)NC(=O)[C@H](OC(=O)Cc1coc2ccc3ccccc3c12)c1ccccc1. The van der Waals surface area contributed by atoms with Crippen LogP contribution in [0.4, 0.5) is 4.79 Å². The first kappa shape index (κ1) is 20.2. The highest BCUT2D eigenvalue weighted by Gasteiger charge is 2.27. The average Bonchev–Trinajstić information content (AvgIpc) is 3.21. The zero-order valence-electron chi connectivity index (χ0n) is 16.8. The smallest absolute Gasteiger partial charge is 0.321 e. The highest BCUT2D eigenvalue weighted by Crippen LogP contribution is 2.30. The molecule has 3 aromatic carbocycles. The van der Waals surface area contributed by atoms with Crippen LogP contribution in [0.3, 0.4) is 0 Å². The Balaban J connectivity index is 1.60. The number of amides is 3. The number of ether oxygens (including phenoxy) is 1. The Hall–Kier alpha value is -4.13. The third-order valence-corrected chi connectivity index (χ3v) is 4.93. The quantitative estimate of drug-likeness (QED) is 0.482. The van der Waals surface area contributed by atoms with Gasteiger partial charge in [0.1, 0.15) is 5.58 Å². The van der Waals surface area contributed by atoms with E-state index in [1.165, 1.54) is 13.3 Å². The van der Waals surface area contributed by atoms with Crippen LogP contribution < -0.4 is 10.6 Å². The molecule has 0 aliphatic heterocycles. The van der Waals surface area contributed by atoms with Gasteiger partial charge in [0.2, 0.25) is 6.10 Å². The summed E-state index contributed by atoms with van der Waals surface area (Å²) in [7, 11) is 1.39. The van der Waals surface area contributed by atoms with E-state index in [0.717, 1.165) is 16.2 Å². The lowest BCUT2D eigenvalue weighted by atomic mass is 10.0. The molecule has 1 atom stereocenters. The van der Waals surface area contributed by atoms with Gasteiger partial charge in [-0.2, -0.15) is 0 Å². The van der Waals surface area contributed by atoms with Crippen molar-refractivity contribution in [1.29, 1.82) is 0 Å². The Morgan fingerprint density at radius 1 is 0.968 bits per heavy atom. The number of carbonyl (C=O) groups is 3. The minimum absolute atomic E-state index is 0.0857. The third kappa shape index (κ3) is 4.25. The first-order chi connectivity index (χ1) is 15.1. The van der Waals surface area contributed by atoms with Gasteiger partial charge in [-0.25, -0.2) is 4.79 Å². The molecule has 0 bridgehead atoms. The molecule has 0 unspecified atom stereocenters. The van der Waals surface area contributed by atoms with Gasteiger partial charge in [-0.15, -0.1) is 0 Å². The van der Waals surface area contributed by atoms with E-state index in [2.05, 4.69) is 10.6 Å². The number of rotatable bonds is 5. The molecule has 7 heteroatoms. The highest BCUT2D eigenvalue weighted by molar-refractivity contribution is 6.08. The third-order valence-electron chi connectivity index (χ3n) is 4.93. The summed E-state index contributed by atoms with van der Waals surface area (Å²) in [5.74, 6) is -1.35. The van der Waals surface area contributed by atoms with Crippen molar-refractivity contribution in [1.82, 2.24) is 10.6 Å². The summed E-state index contributed by atoms with van der Waals surface area (Å²) in [6.45, 7) is 0. The monoisotopic (exact) mass is 416 g/mol. The second kappa shape index (κ2) is 8.71. The molecule has 0 fully saturated rings. The van der Waals surface area contributed by atoms with E-state index in [1.54, 1.807) is 30.3 Å². The van der Waals surface area contributed by atoms with Crippen LogP contribution in [-0.4, -0.2) is 25.0 Å². The van der Waals surface area contributed by atoms with Crippen LogP contribution in [-0.2, 0) is 20.7 Å². The number of nitrogens with one attached hydrogen (secondary N) is 2. The first-order valence-corrected chi connectivity index (χ1v) is 9.71. The van der Waals surface area contributed by atoms with Crippen molar-refractivity contribution in [3.63, 3.8) is 0 Å². The van der Waals surface area contributed by atoms with Gasteiger partial charge in [-0.05, 0) is 16.8 Å². The topological polar surface area (TPSA) is 97.6 Å². The Labute approximate surface area is 178 Å². The van der Waals surface area contributed by atoms with Crippen molar-refractivity contribution in [3.05, 3.63) is 84.1 Å². The molecule has 0 aliphatic rings. The van der Waals surface area contributed by atoms with Gasteiger partial charge in [0, 0.05) is 23.6 Å². The van der Waals surface area contributed by atoms with E-state index < -0.39 is 24.0 Å². The highest BCUT2D eigenvalue weighted by atomic mass is 16.5. The van der Waals surface area contributed by atoms with Crippen LogP contribution in [0.1, 0.15) is 17.2 Å². The number of esters is 1. The van der Waals surface area contributed by atoms with Gasteiger partial charge in [0.25, 0.3) is 5.91 Å². The predicted octanol–water partition coefficient (Wildman–Crippen LogP) is 3.87. The Morgan fingerprint density at radius 2 is 1.71 bits per heavy atom. The van der Waals surface area contributed by atoms with Crippen LogP contribution in [0.2, 0.25) is 0 Å². The summed E-state index contributed by atoms with van der Waals surface area (Å²) in [6, 6.07) is 19.5. The second-order valence-electron chi connectivity index (χ2n) is 6.95. The maximum absolute atomic E-state index is 12.8. The molecule has 2 N–H and O–H groups in total. The minimum Gasteiger partial charge on any atom is -0.464 e. The molecule has 0 radical (unpaired) electrons. The number of imide groups is 1. The zero-order valence-corrected chi connectivity index (χ0v) is 16.8. The molecule has 1 heterocycles. The molecule has 3 amide bonds. The van der Waals surface area contributed by atoms with E-state index in [1.807, 2.05) is 36.4 Å². The number of furan rings is 1. The van der Waals surface area contributed by atoms with Crippen molar-refractivity contribution >= 4 is 39.6 Å². The van der Waals surface area contributed by atoms with E-state index >= 15 is 0 Å². The molecule has 0 spiro atoms. The van der Waals surface area contributed by atoms with Gasteiger partial charge in [0.05, 0.1) is 12.7 Å². The molecular weight excluding hydrogens is 396 g/mol. The standard InChI is InChI=1S/C24H20N2O5/c1-25-24(29)26-23(28)22(16-8-3-2-4-9-16)31-20(27)13-17-14-30-19-12-11-15-7-5-6-10-18(15)21(17)19/h2-12,14,22H,13H2,1H3,(H2,25,26,28,29)/t22-/m1/s1. The van der Waals surface area contributed by atoms with Gasteiger partial charge >= 0.3 is 12.0 Å². The van der Waals surface area contributed by atoms with Crippen molar-refractivity contribution < 1.29 is 23.5 Å². The Kier molecular flexibility index (Phi) is 5.66. The normalized spacial score (nSPS) is 11.8. The lowest BCUT2D eigenvalue weighted by Gasteiger charge is -2.17. The Morgan fingerprint density at radius 3 is 2.48 bits per heavy atom. The Bertz CT molecular complexity index is 1260. The van der Waals surface area contributed by atoms with Crippen LogP contribution in [0.15, 0.2) is 77.4 Å². The predicted molar refractivity (Wildman–Crippen MR) is 115 cm³/mol. The number of hydrogen-bond acceptors (Lipinski definition) is 5. The van der Waals surface area contributed by atoms with Crippen LogP contribution in [0, 0.1) is 0 Å². The van der Waals surface area contributed by atoms with E-state index in [-0.39, 0.29) is 6.42 Å². The zero-order chi connectivity index (χ0) is 21.8. The van der Waals surface area contributed by atoms with Crippen molar-refractivity contribution in [2.75, 3.05) is 7.05 Å². The van der Waals surface area contributed by atoms with Crippen molar-refractivity contribution in [2.24, 2.45) is 0 Å². The van der Waals surface area contributed by atoms with E-state index in [9.17, 15) is 14.4 Å². The van der Waals surface area contributed by atoms with E-state index in [0.29, 0.717) is 16.7 Å². The van der Waals surface area contributed by atoms with Crippen molar-refractivity contribution in [3.8, 4) is 0 Å². The van der Waals surface area contributed by atoms with Gasteiger partial charge in [-0.1, -0.05) is 60.7 Å². The summed E-state index contributed by atoms with van der Waals surface area (Å²) in [6.07, 6.45) is 0.179. The van der Waals surface area contributed by atoms with Crippen LogP contribution in [0.25, 0.3) is 21.7 Å². The molecule has 4 rings (SSSR count). The summed E-state index contributed by atoms with van der Waals surface area (Å²) in [5.41, 5.74) is 1.79. The molecule has 0 aliphatic carbocycles. The number of urea groups is 1. The molecule has 1 aromatic heterocycles. The number of benzene rings is 3. The maximum atomic E-state index is 12.8. The molecule has 4 aromatic rings. The van der Waals surface area contributed by atoms with Gasteiger partial charge in [-0.3, -0.25) is 14.9 Å². The lowest BCUT2D eigenvalue weighted by Crippen LogP contribution is -2.41. The van der Waals surface area contributed by atoms with E-state index in [4.69, 9.17) is 9.15 Å². The lowest BCUT2D eigenvalue weighted by molar-refractivity contribution is -0.155. The maximum Gasteiger partial charge on any atom is 0.321 e. The molecule has 0 saturated carbocycles. The molecular formula is C24H20N2O5. The van der Waals surface area contributed by atoms with Crippen molar-refractivity contribution in [2.45, 2.75) is 12.5 Å². The fourth-order valence-corrected chi connectivity index (χ4v) is 3.47. The number of carbonyl (C=O) groups excluding carboxylic acids is 3. The van der Waals surface area contributed by atoms with Crippen LogP contribution >= 0.6 is 0 Å². The largest absolute Gasteiger partial charge is 0.464 e. The minimum atomic E-state index is -1.26. The fourth-order valence-electron chi connectivity index (χ4n) is 3.47.